The third kappa shape index (κ3) is 7.33. The summed E-state index contributed by atoms with van der Waals surface area (Å²) in [5.41, 5.74) is 0.821. The summed E-state index contributed by atoms with van der Waals surface area (Å²) >= 11 is 0. The van der Waals surface area contributed by atoms with Gasteiger partial charge in [0, 0.05) is 5.69 Å². The van der Waals surface area contributed by atoms with E-state index < -0.39 is 36.6 Å². The minimum atomic E-state index is -4.58. The summed E-state index contributed by atoms with van der Waals surface area (Å²) in [6, 6.07) is 12.4. The van der Waals surface area contributed by atoms with Crippen molar-refractivity contribution in [2.75, 3.05) is 25.1 Å². The Morgan fingerprint density at radius 3 is 2.35 bits per heavy atom. The van der Waals surface area contributed by atoms with Crippen molar-refractivity contribution >= 4 is 29.6 Å². The molecule has 2 aliphatic rings. The number of aromatic carboxylic acids is 1. The number of carboxylic acids is 1. The molecule has 1 saturated carbocycles. The first-order valence-corrected chi connectivity index (χ1v) is 12.4. The molecule has 14 heteroatoms. The lowest BCUT2D eigenvalue weighted by molar-refractivity contribution is -0.156. The normalized spacial score (nSPS) is 21.7. The third-order valence-electron chi connectivity index (χ3n) is 6.20. The molecule has 11 nitrogen and oxygen atoms in total. The molecule has 2 aromatic carbocycles. The molecule has 3 unspecified atom stereocenters. The molecule has 2 aromatic rings. The van der Waals surface area contributed by atoms with Gasteiger partial charge in [-0.15, -0.1) is 0 Å². The highest BCUT2D eigenvalue weighted by atomic mass is 19.4. The number of guanidine groups is 1. The summed E-state index contributed by atoms with van der Waals surface area (Å²) in [7, 11) is 0. The van der Waals surface area contributed by atoms with Crippen LogP contribution in [0.15, 0.2) is 58.5 Å². The Labute approximate surface area is 227 Å². The lowest BCUT2D eigenvalue weighted by Gasteiger charge is -2.27. The van der Waals surface area contributed by atoms with E-state index in [2.05, 4.69) is 25.9 Å². The van der Waals surface area contributed by atoms with Crippen molar-refractivity contribution in [1.29, 1.82) is 0 Å². The first-order chi connectivity index (χ1) is 19.0. The maximum atomic E-state index is 12.8. The van der Waals surface area contributed by atoms with Gasteiger partial charge in [0.1, 0.15) is 5.75 Å². The van der Waals surface area contributed by atoms with E-state index in [-0.39, 0.29) is 36.7 Å². The van der Waals surface area contributed by atoms with Crippen molar-refractivity contribution in [3.05, 3.63) is 59.7 Å². The monoisotopic (exact) mass is 563 g/mol. The summed E-state index contributed by atoms with van der Waals surface area (Å²) in [5.74, 6) is -0.814. The van der Waals surface area contributed by atoms with Crippen LogP contribution in [0.1, 0.15) is 36.2 Å². The van der Waals surface area contributed by atoms with E-state index in [0.717, 1.165) is 5.56 Å². The van der Waals surface area contributed by atoms with Crippen molar-refractivity contribution in [2.24, 2.45) is 15.9 Å². The number of anilines is 1. The highest BCUT2D eigenvalue weighted by Gasteiger charge is 2.53. The molecule has 4 N–H and O–H groups in total. The Kier molecular flexibility index (Phi) is 8.35. The highest BCUT2D eigenvalue weighted by molar-refractivity contribution is 5.98. The van der Waals surface area contributed by atoms with Crippen LogP contribution in [-0.2, 0) is 19.8 Å². The van der Waals surface area contributed by atoms with Gasteiger partial charge in [-0.05, 0) is 61.2 Å². The van der Waals surface area contributed by atoms with E-state index in [4.69, 9.17) is 19.3 Å². The summed E-state index contributed by atoms with van der Waals surface area (Å²) in [6.07, 6.45) is -4.93. The van der Waals surface area contributed by atoms with Gasteiger partial charge in [0.2, 0.25) is 12.2 Å². The predicted molar refractivity (Wildman–Crippen MR) is 138 cm³/mol. The van der Waals surface area contributed by atoms with Gasteiger partial charge in [-0.3, -0.25) is 5.32 Å². The van der Waals surface area contributed by atoms with Crippen molar-refractivity contribution in [2.45, 2.75) is 38.3 Å². The smallest absolute Gasteiger partial charge is 0.422 e. The summed E-state index contributed by atoms with van der Waals surface area (Å²) in [5, 5.41) is 18.0. The molecule has 0 spiro atoms. The largest absolute Gasteiger partial charge is 0.482 e. The first-order valence-electron chi connectivity index (χ1n) is 12.4. The zero-order valence-corrected chi connectivity index (χ0v) is 21.6. The van der Waals surface area contributed by atoms with Crippen molar-refractivity contribution in [3.63, 3.8) is 0 Å². The minimum absolute atomic E-state index is 0.0707. The van der Waals surface area contributed by atoms with Crippen LogP contribution >= 0.6 is 0 Å². The average Bonchev–Trinajstić information content (AvgIpc) is 3.56. The number of rotatable bonds is 10. The molecule has 3 atom stereocenters. The highest BCUT2D eigenvalue weighted by Crippen LogP contribution is 2.51. The molecular weight excluding hydrogens is 535 g/mol. The topological polar surface area (TPSA) is 143 Å². The van der Waals surface area contributed by atoms with Crippen molar-refractivity contribution in [1.82, 2.24) is 10.6 Å². The Hall–Kier alpha value is -4.49. The van der Waals surface area contributed by atoms with Crippen LogP contribution in [-0.4, -0.2) is 61.3 Å². The fourth-order valence-electron chi connectivity index (χ4n) is 4.12. The zero-order chi connectivity index (χ0) is 28.9. The van der Waals surface area contributed by atoms with Gasteiger partial charge in [-0.2, -0.15) is 18.2 Å². The number of benzene rings is 2. The molecule has 0 aromatic heterocycles. The van der Waals surface area contributed by atoms with E-state index in [1.165, 1.54) is 24.3 Å². The fourth-order valence-corrected chi connectivity index (χ4v) is 4.12. The van der Waals surface area contributed by atoms with Gasteiger partial charge >= 0.3 is 18.1 Å². The second kappa shape index (κ2) is 11.7. The minimum Gasteiger partial charge on any atom is -0.482 e. The number of carbonyl (C=O) groups is 2. The standard InChI is InChI=1S/C26H28F3N5O6/c1-3-38-20(35)13-39-19-10-6-17(7-11-19)25(12-15(25)2)34-23-31-22(32-24(33-23)40-14-26(27,28)29)30-18-8-4-16(5-9-18)21(36)37/h4-11,15,22,30H,3,12-14H2,1-2H3,(H,36,37)(H2,31,32,33,34). The first kappa shape index (κ1) is 28.5. The second-order valence-electron chi connectivity index (χ2n) is 9.16. The average molecular weight is 564 g/mol. The van der Waals surface area contributed by atoms with Crippen LogP contribution in [0.25, 0.3) is 0 Å². The maximum absolute atomic E-state index is 12.8. The molecule has 0 radical (unpaired) electrons. The van der Waals surface area contributed by atoms with Crippen molar-refractivity contribution < 1.29 is 42.1 Å². The van der Waals surface area contributed by atoms with Crippen LogP contribution in [0.2, 0.25) is 0 Å². The number of hydrogen-bond acceptors (Lipinski definition) is 10. The molecule has 40 heavy (non-hydrogen) atoms. The van der Waals surface area contributed by atoms with Crippen molar-refractivity contribution in [3.8, 4) is 5.75 Å². The molecule has 214 valence electrons. The fraction of sp³-hybridized carbons (Fsp3) is 0.385. The molecule has 1 aliphatic carbocycles. The predicted octanol–water partition coefficient (Wildman–Crippen LogP) is 3.44. The van der Waals surface area contributed by atoms with E-state index in [1.54, 1.807) is 19.1 Å². The number of nitrogens with one attached hydrogen (secondary N) is 3. The number of alkyl halides is 3. The lowest BCUT2D eigenvalue weighted by atomic mass is 10.0. The summed E-state index contributed by atoms with van der Waals surface area (Å²) in [6.45, 7) is 2.19. The molecule has 4 rings (SSSR count). The van der Waals surface area contributed by atoms with Crippen LogP contribution in [0, 0.1) is 5.92 Å². The van der Waals surface area contributed by atoms with Gasteiger partial charge in [0.15, 0.2) is 13.2 Å². The molecular formula is C26H28F3N5O6. The van der Waals surface area contributed by atoms with Crippen LogP contribution in [0.3, 0.4) is 0 Å². The number of carboxylic acid groups (broad SMARTS) is 1. The molecule has 1 aliphatic heterocycles. The third-order valence-corrected chi connectivity index (χ3v) is 6.20. The van der Waals surface area contributed by atoms with Gasteiger partial charge in [0.05, 0.1) is 17.7 Å². The van der Waals surface area contributed by atoms with Gasteiger partial charge < -0.3 is 30.0 Å². The Bertz CT molecular complexity index is 1280. The van der Waals surface area contributed by atoms with E-state index >= 15 is 0 Å². The SMILES string of the molecule is CCOC(=O)COc1ccc(C2(NC3=NC(Nc4ccc(C(=O)O)cc4)N=C(OCC(F)(F)F)N3)CC2C)cc1. The molecule has 0 amide bonds. The number of aliphatic imine (C=N–C) groups is 2. The van der Waals surface area contributed by atoms with Gasteiger partial charge in [-0.1, -0.05) is 19.1 Å². The molecule has 0 bridgehead atoms. The van der Waals surface area contributed by atoms with Crippen LogP contribution < -0.4 is 20.7 Å². The second-order valence-corrected chi connectivity index (χ2v) is 9.16. The number of carbonyl (C=O) groups excluding carboxylic acids is 1. The zero-order valence-electron chi connectivity index (χ0n) is 21.6. The van der Waals surface area contributed by atoms with Crippen LogP contribution in [0.5, 0.6) is 5.75 Å². The summed E-state index contributed by atoms with van der Waals surface area (Å²) in [4.78, 5) is 31.2. The number of hydrogen-bond donors (Lipinski definition) is 4. The lowest BCUT2D eigenvalue weighted by Crippen LogP contribution is -2.51. The Morgan fingerprint density at radius 2 is 1.77 bits per heavy atom. The van der Waals surface area contributed by atoms with E-state index in [0.29, 0.717) is 17.9 Å². The van der Waals surface area contributed by atoms with Crippen LogP contribution in [0.4, 0.5) is 18.9 Å². The number of esters is 1. The maximum Gasteiger partial charge on any atom is 0.422 e. The Morgan fingerprint density at radius 1 is 1.10 bits per heavy atom. The van der Waals surface area contributed by atoms with Gasteiger partial charge in [-0.25, -0.2) is 14.6 Å². The Balaban J connectivity index is 1.50. The van der Waals surface area contributed by atoms with E-state index in [9.17, 15) is 22.8 Å². The molecule has 1 fully saturated rings. The van der Waals surface area contributed by atoms with Gasteiger partial charge in [0.25, 0.3) is 6.02 Å². The molecule has 0 saturated heterocycles. The number of nitrogens with zero attached hydrogens (tertiary/aromatic N) is 2. The quantitative estimate of drug-likeness (QED) is 0.320. The number of amidine groups is 1. The number of ether oxygens (including phenoxy) is 3. The molecule has 1 heterocycles. The van der Waals surface area contributed by atoms with E-state index in [1.807, 2.05) is 19.1 Å². The summed E-state index contributed by atoms with van der Waals surface area (Å²) < 4.78 is 53.6. The number of halogens is 3.